The molecule has 2 atom stereocenters. The second-order valence-electron chi connectivity index (χ2n) is 10.1. The first-order valence-electron chi connectivity index (χ1n) is 13.0. The fourth-order valence-electron chi connectivity index (χ4n) is 4.94. The standard InChI is InChI=1S/C30H34F3N3O3/c1-4-39-28(37)27-20-35(18-22-11-13-34-14-12-22)15-16-36(27)19-23-5-10-26(21(2)17-23)24-6-8-25(9-7-24)29(3,38)30(31,32)33/h5-14,17,27,38H,4,15-16,18-20H2,1-3H3/t27-,29?/m0/s1. The number of alkyl halides is 3. The van der Waals surface area contributed by atoms with Crippen molar-refractivity contribution in [1.29, 1.82) is 0 Å². The van der Waals surface area contributed by atoms with Gasteiger partial charge in [0.25, 0.3) is 0 Å². The lowest BCUT2D eigenvalue weighted by molar-refractivity contribution is -0.258. The molecule has 1 N–H and O–H groups in total. The largest absolute Gasteiger partial charge is 0.465 e. The molecule has 39 heavy (non-hydrogen) atoms. The van der Waals surface area contributed by atoms with E-state index in [1.54, 1.807) is 31.5 Å². The number of halogens is 3. The number of hydrogen-bond acceptors (Lipinski definition) is 6. The fourth-order valence-corrected chi connectivity index (χ4v) is 4.94. The average molecular weight is 542 g/mol. The van der Waals surface area contributed by atoms with Gasteiger partial charge in [-0.25, -0.2) is 0 Å². The Morgan fingerprint density at radius 2 is 1.72 bits per heavy atom. The number of piperazine rings is 1. The van der Waals surface area contributed by atoms with Gasteiger partial charge in [0, 0.05) is 45.1 Å². The lowest BCUT2D eigenvalue weighted by atomic mass is 9.92. The zero-order valence-corrected chi connectivity index (χ0v) is 22.4. The van der Waals surface area contributed by atoms with Gasteiger partial charge in [-0.1, -0.05) is 42.5 Å². The monoisotopic (exact) mass is 541 g/mol. The molecule has 0 radical (unpaired) electrons. The minimum absolute atomic E-state index is 0.207. The van der Waals surface area contributed by atoms with Crippen molar-refractivity contribution in [3.05, 3.63) is 89.2 Å². The van der Waals surface area contributed by atoms with E-state index in [0.29, 0.717) is 26.2 Å². The van der Waals surface area contributed by atoms with E-state index in [0.717, 1.165) is 47.8 Å². The third-order valence-electron chi connectivity index (χ3n) is 7.28. The van der Waals surface area contributed by atoms with Gasteiger partial charge >= 0.3 is 12.1 Å². The summed E-state index contributed by atoms with van der Waals surface area (Å²) in [6, 6.07) is 15.3. The van der Waals surface area contributed by atoms with Crippen LogP contribution in [0, 0.1) is 6.92 Å². The lowest BCUT2D eigenvalue weighted by Gasteiger charge is -2.40. The van der Waals surface area contributed by atoms with Crippen molar-refractivity contribution in [1.82, 2.24) is 14.8 Å². The van der Waals surface area contributed by atoms with Crippen molar-refractivity contribution in [2.75, 3.05) is 26.2 Å². The Kier molecular flexibility index (Phi) is 8.73. The number of carbonyl (C=O) groups is 1. The summed E-state index contributed by atoms with van der Waals surface area (Å²) in [7, 11) is 0. The van der Waals surface area contributed by atoms with Crippen molar-refractivity contribution in [2.45, 2.75) is 51.7 Å². The zero-order chi connectivity index (χ0) is 28.2. The average Bonchev–Trinajstić information content (AvgIpc) is 2.90. The topological polar surface area (TPSA) is 65.9 Å². The van der Waals surface area contributed by atoms with Crippen molar-refractivity contribution in [3.63, 3.8) is 0 Å². The van der Waals surface area contributed by atoms with Crippen LogP contribution in [0.4, 0.5) is 13.2 Å². The summed E-state index contributed by atoms with van der Waals surface area (Å²) >= 11 is 0. The molecule has 0 amide bonds. The smallest absolute Gasteiger partial charge is 0.421 e. The summed E-state index contributed by atoms with van der Waals surface area (Å²) in [5.41, 5.74) is 1.67. The summed E-state index contributed by atoms with van der Waals surface area (Å²) in [5.74, 6) is -0.236. The number of benzene rings is 2. The van der Waals surface area contributed by atoms with Crippen LogP contribution in [0.1, 0.15) is 36.1 Å². The minimum Gasteiger partial charge on any atom is -0.465 e. The van der Waals surface area contributed by atoms with Gasteiger partial charge in [0.1, 0.15) is 6.04 Å². The van der Waals surface area contributed by atoms with E-state index < -0.39 is 17.8 Å². The molecule has 208 valence electrons. The highest BCUT2D eigenvalue weighted by Crippen LogP contribution is 2.39. The molecule has 0 aliphatic carbocycles. The summed E-state index contributed by atoms with van der Waals surface area (Å²) in [4.78, 5) is 21.3. The molecule has 0 spiro atoms. The maximum Gasteiger partial charge on any atom is 0.421 e. The third kappa shape index (κ3) is 6.66. The van der Waals surface area contributed by atoms with Gasteiger partial charge in [0.2, 0.25) is 0 Å². The van der Waals surface area contributed by atoms with Crippen LogP contribution in [0.5, 0.6) is 0 Å². The highest BCUT2D eigenvalue weighted by Gasteiger charge is 2.51. The van der Waals surface area contributed by atoms with Gasteiger partial charge in [0.15, 0.2) is 5.60 Å². The number of esters is 1. The van der Waals surface area contributed by atoms with Crippen LogP contribution in [-0.4, -0.2) is 64.3 Å². The van der Waals surface area contributed by atoms with Gasteiger partial charge in [-0.3, -0.25) is 19.6 Å². The van der Waals surface area contributed by atoms with E-state index in [1.807, 2.05) is 37.3 Å². The molecular formula is C30H34F3N3O3. The lowest BCUT2D eigenvalue weighted by Crippen LogP contribution is -2.56. The number of aromatic nitrogens is 1. The highest BCUT2D eigenvalue weighted by molar-refractivity contribution is 5.76. The molecule has 1 fully saturated rings. The quantitative estimate of drug-likeness (QED) is 0.402. The number of carbonyl (C=O) groups excluding carboxylic acids is 1. The predicted molar refractivity (Wildman–Crippen MR) is 143 cm³/mol. The predicted octanol–water partition coefficient (Wildman–Crippen LogP) is 5.08. The second kappa shape index (κ2) is 11.9. The summed E-state index contributed by atoms with van der Waals surface area (Å²) in [6.45, 7) is 8.21. The Hall–Kier alpha value is -3.27. The Morgan fingerprint density at radius 3 is 2.33 bits per heavy atom. The number of hydrogen-bond donors (Lipinski definition) is 1. The highest BCUT2D eigenvalue weighted by atomic mass is 19.4. The molecule has 4 rings (SSSR count). The van der Waals surface area contributed by atoms with Crippen LogP contribution in [-0.2, 0) is 28.2 Å². The van der Waals surface area contributed by atoms with Crippen molar-refractivity contribution >= 4 is 5.97 Å². The van der Waals surface area contributed by atoms with Crippen LogP contribution >= 0.6 is 0 Å². The van der Waals surface area contributed by atoms with Crippen LogP contribution in [0.25, 0.3) is 11.1 Å². The Morgan fingerprint density at radius 1 is 1.03 bits per heavy atom. The van der Waals surface area contributed by atoms with E-state index in [4.69, 9.17) is 4.74 Å². The first kappa shape index (κ1) is 28.7. The van der Waals surface area contributed by atoms with Gasteiger partial charge in [0.05, 0.1) is 6.61 Å². The zero-order valence-electron chi connectivity index (χ0n) is 22.4. The Balaban J connectivity index is 1.48. The maximum absolute atomic E-state index is 13.2. The van der Waals surface area contributed by atoms with E-state index in [2.05, 4.69) is 14.8 Å². The SMILES string of the molecule is CCOC(=O)[C@@H]1CN(Cc2ccncc2)CCN1Cc1ccc(-c2ccc(C(C)(O)C(F)(F)F)cc2)c(C)c1. The summed E-state index contributed by atoms with van der Waals surface area (Å²) in [5, 5.41) is 9.95. The molecule has 0 bridgehead atoms. The third-order valence-corrected chi connectivity index (χ3v) is 7.28. The van der Waals surface area contributed by atoms with Gasteiger partial charge in [-0.05, 0) is 66.3 Å². The fraction of sp³-hybridized carbons (Fsp3) is 0.400. The van der Waals surface area contributed by atoms with E-state index in [1.165, 1.54) is 12.1 Å². The van der Waals surface area contributed by atoms with E-state index in [9.17, 15) is 23.1 Å². The molecule has 2 heterocycles. The van der Waals surface area contributed by atoms with Crippen LogP contribution in [0.3, 0.4) is 0 Å². The number of aliphatic hydroxyl groups is 1. The molecule has 1 unspecified atom stereocenters. The number of pyridine rings is 1. The normalized spacial score (nSPS) is 18.5. The molecule has 3 aromatic rings. The molecule has 6 nitrogen and oxygen atoms in total. The Labute approximate surface area is 227 Å². The second-order valence-corrected chi connectivity index (χ2v) is 10.1. The van der Waals surface area contributed by atoms with Gasteiger partial charge < -0.3 is 9.84 Å². The number of ether oxygens (including phenoxy) is 1. The molecule has 1 aliphatic heterocycles. The van der Waals surface area contributed by atoms with Gasteiger partial charge in [-0.2, -0.15) is 13.2 Å². The van der Waals surface area contributed by atoms with Crippen LogP contribution < -0.4 is 0 Å². The molecule has 0 saturated carbocycles. The molecule has 1 aromatic heterocycles. The number of nitrogens with zero attached hydrogens (tertiary/aromatic N) is 3. The number of rotatable bonds is 8. The van der Waals surface area contributed by atoms with Crippen molar-refractivity contribution < 1.29 is 27.8 Å². The molecule has 1 aliphatic rings. The van der Waals surface area contributed by atoms with E-state index in [-0.39, 0.29) is 11.5 Å². The summed E-state index contributed by atoms with van der Waals surface area (Å²) < 4.78 is 45.0. The molecule has 9 heteroatoms. The van der Waals surface area contributed by atoms with Crippen LogP contribution in [0.2, 0.25) is 0 Å². The first-order valence-corrected chi connectivity index (χ1v) is 13.0. The van der Waals surface area contributed by atoms with Crippen molar-refractivity contribution in [2.24, 2.45) is 0 Å². The molecule has 1 saturated heterocycles. The van der Waals surface area contributed by atoms with E-state index >= 15 is 0 Å². The number of aryl methyl sites for hydroxylation is 1. The molecule has 2 aromatic carbocycles. The Bertz CT molecular complexity index is 1260. The van der Waals surface area contributed by atoms with Gasteiger partial charge in [-0.15, -0.1) is 0 Å². The minimum atomic E-state index is -4.77. The van der Waals surface area contributed by atoms with Crippen molar-refractivity contribution in [3.8, 4) is 11.1 Å². The maximum atomic E-state index is 13.2. The molecular weight excluding hydrogens is 507 g/mol. The summed E-state index contributed by atoms with van der Waals surface area (Å²) in [6.07, 6.45) is -1.24. The van der Waals surface area contributed by atoms with Crippen LogP contribution in [0.15, 0.2) is 67.0 Å². The first-order chi connectivity index (χ1) is 18.5.